The SMILES string of the molecule is COc1ccc(S(=O)(=O)NCCC(=O)NC(C)c2cc(OC)c(OC)c(OC)c2)cc1OC. The first-order chi connectivity index (χ1) is 15.7. The van der Waals surface area contributed by atoms with Crippen LogP contribution in [0, 0.1) is 0 Å². The van der Waals surface area contributed by atoms with Gasteiger partial charge < -0.3 is 29.0 Å². The summed E-state index contributed by atoms with van der Waals surface area (Å²) in [5.41, 5.74) is 0.740. The van der Waals surface area contributed by atoms with Gasteiger partial charge in [-0.15, -0.1) is 0 Å². The van der Waals surface area contributed by atoms with Crippen LogP contribution in [-0.2, 0) is 14.8 Å². The van der Waals surface area contributed by atoms with E-state index in [1.807, 2.05) is 0 Å². The fourth-order valence-corrected chi connectivity index (χ4v) is 4.16. The molecule has 0 saturated heterocycles. The minimum Gasteiger partial charge on any atom is -0.493 e. The molecule has 2 aromatic rings. The van der Waals surface area contributed by atoms with Gasteiger partial charge in [-0.3, -0.25) is 4.79 Å². The molecule has 0 heterocycles. The number of carbonyl (C=O) groups excluding carboxylic acids is 1. The molecule has 10 nitrogen and oxygen atoms in total. The van der Waals surface area contributed by atoms with Gasteiger partial charge in [0.15, 0.2) is 23.0 Å². The first-order valence-electron chi connectivity index (χ1n) is 10.0. The number of ether oxygens (including phenoxy) is 5. The van der Waals surface area contributed by atoms with Gasteiger partial charge in [0, 0.05) is 19.0 Å². The second kappa shape index (κ2) is 11.6. The minimum atomic E-state index is -3.83. The number of amides is 1. The molecule has 0 bridgehead atoms. The van der Waals surface area contributed by atoms with Crippen molar-refractivity contribution in [1.29, 1.82) is 0 Å². The number of hydrogen-bond donors (Lipinski definition) is 2. The molecule has 0 fully saturated rings. The minimum absolute atomic E-state index is 0.00588. The number of carbonyl (C=O) groups is 1. The highest BCUT2D eigenvalue weighted by Gasteiger charge is 2.19. The zero-order chi connectivity index (χ0) is 24.6. The molecule has 0 aliphatic carbocycles. The zero-order valence-electron chi connectivity index (χ0n) is 19.6. The molecule has 2 N–H and O–H groups in total. The smallest absolute Gasteiger partial charge is 0.240 e. The van der Waals surface area contributed by atoms with E-state index in [2.05, 4.69) is 10.0 Å². The summed E-state index contributed by atoms with van der Waals surface area (Å²) in [4.78, 5) is 12.4. The van der Waals surface area contributed by atoms with E-state index >= 15 is 0 Å². The molecular weight excluding hydrogens is 452 g/mol. The fraction of sp³-hybridized carbons (Fsp3) is 0.409. The lowest BCUT2D eigenvalue weighted by Gasteiger charge is -2.19. The average molecular weight is 483 g/mol. The molecule has 1 amide bonds. The van der Waals surface area contributed by atoms with Crippen molar-refractivity contribution in [2.24, 2.45) is 0 Å². The molecule has 0 aromatic heterocycles. The molecule has 11 heteroatoms. The van der Waals surface area contributed by atoms with Gasteiger partial charge in [-0.2, -0.15) is 0 Å². The van der Waals surface area contributed by atoms with Crippen LogP contribution in [0.15, 0.2) is 35.2 Å². The first kappa shape index (κ1) is 26.1. The lowest BCUT2D eigenvalue weighted by molar-refractivity contribution is -0.121. The Morgan fingerprint density at radius 2 is 1.42 bits per heavy atom. The van der Waals surface area contributed by atoms with E-state index < -0.39 is 10.0 Å². The van der Waals surface area contributed by atoms with Crippen LogP contribution in [0.1, 0.15) is 24.9 Å². The molecule has 182 valence electrons. The predicted octanol–water partition coefficient (Wildman–Crippen LogP) is 2.28. The van der Waals surface area contributed by atoms with Gasteiger partial charge in [-0.25, -0.2) is 13.1 Å². The summed E-state index contributed by atoms with van der Waals surface area (Å²) in [7, 11) is 3.57. The Hall–Kier alpha value is -3.18. The van der Waals surface area contributed by atoms with Crippen LogP contribution in [0.4, 0.5) is 0 Å². The van der Waals surface area contributed by atoms with Crippen LogP contribution in [0.25, 0.3) is 0 Å². The molecule has 1 atom stereocenters. The molecule has 0 saturated carbocycles. The third-order valence-corrected chi connectivity index (χ3v) is 6.33. The Kier molecular flexibility index (Phi) is 9.18. The lowest BCUT2D eigenvalue weighted by Crippen LogP contribution is -2.32. The van der Waals surface area contributed by atoms with Crippen LogP contribution in [0.5, 0.6) is 28.7 Å². The Bertz CT molecular complexity index is 1050. The Balaban J connectivity index is 2.00. The van der Waals surface area contributed by atoms with Crippen molar-refractivity contribution >= 4 is 15.9 Å². The van der Waals surface area contributed by atoms with E-state index in [9.17, 15) is 13.2 Å². The maximum atomic E-state index is 12.5. The van der Waals surface area contributed by atoms with Crippen LogP contribution in [-0.4, -0.2) is 56.4 Å². The van der Waals surface area contributed by atoms with Gasteiger partial charge in [-0.1, -0.05) is 0 Å². The van der Waals surface area contributed by atoms with Crippen molar-refractivity contribution in [2.45, 2.75) is 24.3 Å². The summed E-state index contributed by atoms with van der Waals surface area (Å²) in [6, 6.07) is 7.36. The highest BCUT2D eigenvalue weighted by molar-refractivity contribution is 7.89. The van der Waals surface area contributed by atoms with Gasteiger partial charge in [-0.05, 0) is 36.8 Å². The topological polar surface area (TPSA) is 121 Å². The van der Waals surface area contributed by atoms with Gasteiger partial charge in [0.2, 0.25) is 21.7 Å². The molecule has 1 unspecified atom stereocenters. The van der Waals surface area contributed by atoms with E-state index in [4.69, 9.17) is 23.7 Å². The number of nitrogens with one attached hydrogen (secondary N) is 2. The lowest BCUT2D eigenvalue weighted by atomic mass is 10.1. The monoisotopic (exact) mass is 482 g/mol. The summed E-state index contributed by atoms with van der Waals surface area (Å²) in [6.07, 6.45) is -0.0543. The maximum absolute atomic E-state index is 12.5. The predicted molar refractivity (Wildman–Crippen MR) is 122 cm³/mol. The van der Waals surface area contributed by atoms with E-state index in [0.717, 1.165) is 5.56 Å². The van der Waals surface area contributed by atoms with Gasteiger partial charge >= 0.3 is 0 Å². The number of rotatable bonds is 12. The summed E-state index contributed by atoms with van der Waals surface area (Å²) in [5.74, 6) is 1.76. The highest BCUT2D eigenvalue weighted by Crippen LogP contribution is 2.39. The summed E-state index contributed by atoms with van der Waals surface area (Å²) >= 11 is 0. The molecule has 0 radical (unpaired) electrons. The standard InChI is InChI=1S/C22H30N2O8S/c1-14(15-11-19(30-4)22(32-6)20(12-15)31-5)24-21(25)9-10-23-33(26,27)16-7-8-17(28-2)18(13-16)29-3/h7-8,11-14,23H,9-10H2,1-6H3,(H,24,25). The molecule has 2 rings (SSSR count). The fourth-order valence-electron chi connectivity index (χ4n) is 3.11. The normalized spacial score (nSPS) is 11.9. The van der Waals surface area contributed by atoms with Gasteiger partial charge in [0.1, 0.15) is 0 Å². The van der Waals surface area contributed by atoms with Gasteiger partial charge in [0.05, 0.1) is 46.5 Å². The zero-order valence-corrected chi connectivity index (χ0v) is 20.4. The second-order valence-electron chi connectivity index (χ2n) is 6.91. The summed E-state index contributed by atoms with van der Waals surface area (Å²) in [6.45, 7) is 1.72. The van der Waals surface area contributed by atoms with Crippen LogP contribution in [0.3, 0.4) is 0 Å². The van der Waals surface area contributed by atoms with Crippen LogP contribution in [0.2, 0.25) is 0 Å². The van der Waals surface area contributed by atoms with E-state index in [-0.39, 0.29) is 35.6 Å². The average Bonchev–Trinajstić information content (AvgIpc) is 2.82. The third-order valence-electron chi connectivity index (χ3n) is 4.87. The molecule has 0 aliphatic heterocycles. The van der Waals surface area contributed by atoms with E-state index in [1.165, 1.54) is 53.7 Å². The number of sulfonamides is 1. The van der Waals surface area contributed by atoms with Crippen LogP contribution >= 0.6 is 0 Å². The Morgan fingerprint density at radius 1 is 0.848 bits per heavy atom. The third kappa shape index (κ3) is 6.42. The highest BCUT2D eigenvalue weighted by atomic mass is 32.2. The molecule has 0 aliphatic rings. The van der Waals surface area contributed by atoms with Crippen molar-refractivity contribution in [2.75, 3.05) is 42.1 Å². The van der Waals surface area contributed by atoms with Crippen molar-refractivity contribution < 1.29 is 36.9 Å². The number of methoxy groups -OCH3 is 5. The molecular formula is C22H30N2O8S. The summed E-state index contributed by atoms with van der Waals surface area (Å²) in [5, 5.41) is 2.83. The van der Waals surface area contributed by atoms with Crippen molar-refractivity contribution in [3.8, 4) is 28.7 Å². The van der Waals surface area contributed by atoms with Crippen molar-refractivity contribution in [3.63, 3.8) is 0 Å². The number of benzene rings is 2. The van der Waals surface area contributed by atoms with Gasteiger partial charge in [0.25, 0.3) is 0 Å². The maximum Gasteiger partial charge on any atom is 0.240 e. The van der Waals surface area contributed by atoms with Crippen molar-refractivity contribution in [1.82, 2.24) is 10.0 Å². The van der Waals surface area contributed by atoms with E-state index in [1.54, 1.807) is 19.1 Å². The Labute approximate surface area is 194 Å². The Morgan fingerprint density at radius 3 is 1.94 bits per heavy atom. The molecule has 2 aromatic carbocycles. The quantitative estimate of drug-likeness (QED) is 0.473. The largest absolute Gasteiger partial charge is 0.493 e. The summed E-state index contributed by atoms with van der Waals surface area (Å²) < 4.78 is 53.8. The molecule has 33 heavy (non-hydrogen) atoms. The number of hydrogen-bond acceptors (Lipinski definition) is 8. The molecule has 0 spiro atoms. The van der Waals surface area contributed by atoms with E-state index in [0.29, 0.717) is 23.0 Å². The first-order valence-corrected chi connectivity index (χ1v) is 11.5. The van der Waals surface area contributed by atoms with Crippen molar-refractivity contribution in [3.05, 3.63) is 35.9 Å². The second-order valence-corrected chi connectivity index (χ2v) is 8.68. The van der Waals surface area contributed by atoms with Crippen LogP contribution < -0.4 is 33.7 Å².